The molecule has 1 unspecified atom stereocenters. The maximum absolute atomic E-state index is 9.54. The molecule has 2 heterocycles. The van der Waals surface area contributed by atoms with Crippen LogP contribution in [0.15, 0.2) is 4.52 Å². The van der Waals surface area contributed by atoms with Crippen LogP contribution in [0.4, 0.5) is 0 Å². The summed E-state index contributed by atoms with van der Waals surface area (Å²) in [5.74, 6) is 1.45. The van der Waals surface area contributed by atoms with Gasteiger partial charge in [0.05, 0.1) is 12.6 Å². The number of hydrogen-bond acceptors (Lipinski definition) is 5. The molecule has 1 aliphatic heterocycles. The van der Waals surface area contributed by atoms with Crippen molar-refractivity contribution in [3.63, 3.8) is 0 Å². The lowest BCUT2D eigenvalue weighted by molar-refractivity contribution is 0.0613. The van der Waals surface area contributed by atoms with Crippen molar-refractivity contribution >= 4 is 0 Å². The van der Waals surface area contributed by atoms with Crippen LogP contribution in [0.1, 0.15) is 37.9 Å². The van der Waals surface area contributed by atoms with Gasteiger partial charge < -0.3 is 9.63 Å². The summed E-state index contributed by atoms with van der Waals surface area (Å²) in [6.45, 7) is 4.47. The van der Waals surface area contributed by atoms with Crippen LogP contribution in [-0.2, 0) is 13.0 Å². The van der Waals surface area contributed by atoms with Crippen molar-refractivity contribution in [2.45, 2.75) is 45.3 Å². The molecule has 1 atom stereocenters. The lowest BCUT2D eigenvalue weighted by Gasteiger charge is -2.28. The first kappa shape index (κ1) is 11.5. The molecule has 5 nitrogen and oxygen atoms in total. The number of aliphatic hydroxyl groups excluding tert-OH is 1. The fraction of sp³-hybridized carbons (Fsp3) is 0.818. The molecule has 16 heavy (non-hydrogen) atoms. The van der Waals surface area contributed by atoms with E-state index in [1.165, 1.54) is 0 Å². The smallest absolute Gasteiger partial charge is 0.240 e. The zero-order valence-electron chi connectivity index (χ0n) is 9.72. The predicted octanol–water partition coefficient (Wildman–Crippen LogP) is 0.979. The van der Waals surface area contributed by atoms with Gasteiger partial charge in [-0.2, -0.15) is 4.98 Å². The molecule has 2 rings (SSSR count). The summed E-state index contributed by atoms with van der Waals surface area (Å²) in [5.41, 5.74) is 0. The maximum Gasteiger partial charge on any atom is 0.240 e. The Balaban J connectivity index is 1.87. The number of rotatable bonds is 4. The minimum atomic E-state index is -0.202. The highest BCUT2D eigenvalue weighted by Gasteiger charge is 2.19. The monoisotopic (exact) mass is 225 g/mol. The fourth-order valence-corrected chi connectivity index (χ4v) is 2.05. The molecule has 0 aromatic carbocycles. The van der Waals surface area contributed by atoms with Crippen molar-refractivity contribution in [1.29, 1.82) is 0 Å². The van der Waals surface area contributed by atoms with E-state index < -0.39 is 0 Å². The van der Waals surface area contributed by atoms with Crippen LogP contribution in [0.5, 0.6) is 0 Å². The topological polar surface area (TPSA) is 62.4 Å². The van der Waals surface area contributed by atoms with Gasteiger partial charge in [0.25, 0.3) is 0 Å². The molecular formula is C11H19N3O2. The standard InChI is InChI=1S/C11H19N3O2/c1-2-4-10-12-11(16-13-10)8-14-6-3-5-9(15)7-14/h9,15H,2-8H2,1H3. The molecule has 90 valence electrons. The Morgan fingerprint density at radius 2 is 2.44 bits per heavy atom. The second-order valence-corrected chi connectivity index (χ2v) is 4.39. The number of aromatic nitrogens is 2. The molecule has 0 radical (unpaired) electrons. The maximum atomic E-state index is 9.54. The van der Waals surface area contributed by atoms with Crippen molar-refractivity contribution in [2.75, 3.05) is 13.1 Å². The van der Waals surface area contributed by atoms with Crippen molar-refractivity contribution in [3.8, 4) is 0 Å². The number of aryl methyl sites for hydroxylation is 1. The number of hydrogen-bond donors (Lipinski definition) is 1. The van der Waals surface area contributed by atoms with Gasteiger partial charge in [-0.25, -0.2) is 0 Å². The number of piperidine rings is 1. The van der Waals surface area contributed by atoms with Crippen molar-refractivity contribution in [3.05, 3.63) is 11.7 Å². The number of aliphatic hydroxyl groups is 1. The van der Waals surface area contributed by atoms with E-state index in [2.05, 4.69) is 22.0 Å². The van der Waals surface area contributed by atoms with Crippen LogP contribution in [0.2, 0.25) is 0 Å². The molecule has 1 aliphatic rings. The Hall–Kier alpha value is -0.940. The number of likely N-dealkylation sites (tertiary alicyclic amines) is 1. The van der Waals surface area contributed by atoms with Crippen LogP contribution >= 0.6 is 0 Å². The van der Waals surface area contributed by atoms with Gasteiger partial charge in [0.1, 0.15) is 0 Å². The van der Waals surface area contributed by atoms with Crippen molar-refractivity contribution < 1.29 is 9.63 Å². The summed E-state index contributed by atoms with van der Waals surface area (Å²) in [6.07, 6.45) is 3.64. The quantitative estimate of drug-likeness (QED) is 0.827. The highest BCUT2D eigenvalue weighted by atomic mass is 16.5. The van der Waals surface area contributed by atoms with Crippen LogP contribution in [-0.4, -0.2) is 39.3 Å². The minimum absolute atomic E-state index is 0.202. The Bertz CT molecular complexity index is 327. The normalized spacial score (nSPS) is 22.5. The highest BCUT2D eigenvalue weighted by molar-refractivity contribution is 4.87. The highest BCUT2D eigenvalue weighted by Crippen LogP contribution is 2.12. The largest absolute Gasteiger partial charge is 0.392 e. The fourth-order valence-electron chi connectivity index (χ4n) is 2.05. The van der Waals surface area contributed by atoms with E-state index in [-0.39, 0.29) is 6.10 Å². The zero-order chi connectivity index (χ0) is 11.4. The van der Waals surface area contributed by atoms with Gasteiger partial charge >= 0.3 is 0 Å². The van der Waals surface area contributed by atoms with Gasteiger partial charge in [-0.1, -0.05) is 12.1 Å². The van der Waals surface area contributed by atoms with Crippen LogP contribution in [0.25, 0.3) is 0 Å². The summed E-state index contributed by atoms with van der Waals surface area (Å²) in [7, 11) is 0. The molecule has 0 spiro atoms. The van der Waals surface area contributed by atoms with E-state index in [0.717, 1.165) is 38.1 Å². The molecular weight excluding hydrogens is 206 g/mol. The first-order chi connectivity index (χ1) is 7.78. The molecule has 0 aliphatic carbocycles. The van der Waals surface area contributed by atoms with E-state index in [1.54, 1.807) is 0 Å². The van der Waals surface area contributed by atoms with Crippen molar-refractivity contribution in [1.82, 2.24) is 15.0 Å². The molecule has 0 saturated carbocycles. The molecule has 1 fully saturated rings. The van der Waals surface area contributed by atoms with Gasteiger partial charge in [0.2, 0.25) is 5.89 Å². The van der Waals surface area contributed by atoms with E-state index in [4.69, 9.17) is 4.52 Å². The Labute approximate surface area is 95.4 Å². The first-order valence-electron chi connectivity index (χ1n) is 6.00. The zero-order valence-corrected chi connectivity index (χ0v) is 9.72. The first-order valence-corrected chi connectivity index (χ1v) is 6.00. The molecule has 0 amide bonds. The molecule has 1 N–H and O–H groups in total. The van der Waals surface area contributed by atoms with Gasteiger partial charge in [-0.15, -0.1) is 0 Å². The van der Waals surface area contributed by atoms with Crippen LogP contribution < -0.4 is 0 Å². The minimum Gasteiger partial charge on any atom is -0.392 e. The molecule has 1 aromatic heterocycles. The SMILES string of the molecule is CCCc1noc(CN2CCCC(O)C2)n1. The number of nitrogens with zero attached hydrogens (tertiary/aromatic N) is 3. The molecule has 5 heteroatoms. The lowest BCUT2D eigenvalue weighted by Crippen LogP contribution is -2.37. The third-order valence-electron chi connectivity index (χ3n) is 2.82. The summed E-state index contributed by atoms with van der Waals surface area (Å²) >= 11 is 0. The van der Waals surface area contributed by atoms with E-state index in [9.17, 15) is 5.11 Å². The Morgan fingerprint density at radius 1 is 1.56 bits per heavy atom. The van der Waals surface area contributed by atoms with Crippen molar-refractivity contribution in [2.24, 2.45) is 0 Å². The second-order valence-electron chi connectivity index (χ2n) is 4.39. The molecule has 1 aromatic rings. The summed E-state index contributed by atoms with van der Waals surface area (Å²) in [5, 5.41) is 13.5. The van der Waals surface area contributed by atoms with Gasteiger partial charge in [-0.3, -0.25) is 4.90 Å². The third-order valence-corrected chi connectivity index (χ3v) is 2.82. The Kier molecular flexibility index (Phi) is 3.90. The summed E-state index contributed by atoms with van der Waals surface area (Å²) in [6, 6.07) is 0. The third kappa shape index (κ3) is 3.02. The van der Waals surface area contributed by atoms with Gasteiger partial charge in [0, 0.05) is 13.0 Å². The Morgan fingerprint density at radius 3 is 3.19 bits per heavy atom. The summed E-state index contributed by atoms with van der Waals surface area (Å²) < 4.78 is 5.17. The van der Waals surface area contributed by atoms with E-state index >= 15 is 0 Å². The predicted molar refractivity (Wildman–Crippen MR) is 58.8 cm³/mol. The van der Waals surface area contributed by atoms with Gasteiger partial charge in [0.15, 0.2) is 5.82 Å². The average molecular weight is 225 g/mol. The van der Waals surface area contributed by atoms with E-state index in [0.29, 0.717) is 19.0 Å². The average Bonchev–Trinajstić information content (AvgIpc) is 2.66. The second kappa shape index (κ2) is 5.41. The molecule has 1 saturated heterocycles. The van der Waals surface area contributed by atoms with Gasteiger partial charge in [-0.05, 0) is 25.8 Å². The van der Waals surface area contributed by atoms with Crippen LogP contribution in [0.3, 0.4) is 0 Å². The molecule has 0 bridgehead atoms. The summed E-state index contributed by atoms with van der Waals surface area (Å²) in [4.78, 5) is 6.48. The van der Waals surface area contributed by atoms with E-state index in [1.807, 2.05) is 0 Å². The number of β-amino-alcohol motifs (C(OH)–C–C–N with tert-alkyl or cyclic N) is 1. The lowest BCUT2D eigenvalue weighted by atomic mass is 10.1. The van der Waals surface area contributed by atoms with Crippen LogP contribution in [0, 0.1) is 0 Å².